The molecular formula is C19H21N3O2. The molecule has 1 N–H and O–H groups in total. The summed E-state index contributed by atoms with van der Waals surface area (Å²) in [5, 5.41) is 7.33. The van der Waals surface area contributed by atoms with Crippen LogP contribution in [0.25, 0.3) is 11.3 Å². The first-order chi connectivity index (χ1) is 11.5. The van der Waals surface area contributed by atoms with E-state index < -0.39 is 0 Å². The van der Waals surface area contributed by atoms with Crippen molar-refractivity contribution >= 4 is 5.91 Å². The third-order valence-electron chi connectivity index (χ3n) is 4.04. The number of carbonyl (C=O) groups is 1. The van der Waals surface area contributed by atoms with Gasteiger partial charge in [0.15, 0.2) is 0 Å². The van der Waals surface area contributed by atoms with Crippen LogP contribution in [0.3, 0.4) is 0 Å². The van der Waals surface area contributed by atoms with E-state index in [1.807, 2.05) is 62.4 Å². The zero-order valence-corrected chi connectivity index (χ0v) is 14.1. The van der Waals surface area contributed by atoms with Gasteiger partial charge in [0.25, 0.3) is 0 Å². The molecule has 0 aliphatic heterocycles. The average Bonchev–Trinajstić information content (AvgIpc) is 3.23. The van der Waals surface area contributed by atoms with Crippen molar-refractivity contribution in [3.05, 3.63) is 65.7 Å². The van der Waals surface area contributed by atoms with Gasteiger partial charge in [0, 0.05) is 12.6 Å². The van der Waals surface area contributed by atoms with Crippen LogP contribution in [0.5, 0.6) is 0 Å². The van der Waals surface area contributed by atoms with E-state index >= 15 is 0 Å². The van der Waals surface area contributed by atoms with Crippen molar-refractivity contribution in [1.82, 2.24) is 15.1 Å². The Morgan fingerprint density at radius 1 is 1.25 bits per heavy atom. The molecule has 3 aromatic rings. The van der Waals surface area contributed by atoms with E-state index in [9.17, 15) is 4.79 Å². The normalized spacial score (nSPS) is 12.1. The van der Waals surface area contributed by atoms with E-state index in [0.717, 1.165) is 22.7 Å². The van der Waals surface area contributed by atoms with Gasteiger partial charge >= 0.3 is 0 Å². The first kappa shape index (κ1) is 16.1. The number of rotatable bonds is 5. The number of hydrogen-bond acceptors (Lipinski definition) is 3. The molecule has 2 heterocycles. The standard InChI is InChI=1S/C19H21N3O2/c1-13-9-10-18(24-13)14(2)19(23)22(3)12-16-11-17(21-20-16)15-7-5-4-6-8-15/h4-11,14H,12H2,1-3H3,(H,20,21). The molecule has 0 saturated heterocycles. The van der Waals surface area contributed by atoms with Crippen LogP contribution in [0.2, 0.25) is 0 Å². The fourth-order valence-electron chi connectivity index (χ4n) is 2.67. The summed E-state index contributed by atoms with van der Waals surface area (Å²) >= 11 is 0. The molecule has 3 rings (SSSR count). The van der Waals surface area contributed by atoms with Gasteiger partial charge < -0.3 is 9.32 Å². The van der Waals surface area contributed by atoms with Crippen LogP contribution >= 0.6 is 0 Å². The Bertz CT molecular complexity index is 820. The van der Waals surface area contributed by atoms with Crippen LogP contribution in [0.15, 0.2) is 52.9 Å². The molecular weight excluding hydrogens is 302 g/mol. The van der Waals surface area contributed by atoms with Crippen molar-refractivity contribution in [2.24, 2.45) is 0 Å². The second-order valence-corrected chi connectivity index (χ2v) is 6.01. The summed E-state index contributed by atoms with van der Waals surface area (Å²) in [5.41, 5.74) is 2.82. The maximum atomic E-state index is 12.6. The number of H-pyrrole nitrogens is 1. The van der Waals surface area contributed by atoms with Crippen LogP contribution in [0.4, 0.5) is 0 Å². The number of nitrogens with zero attached hydrogens (tertiary/aromatic N) is 2. The first-order valence-corrected chi connectivity index (χ1v) is 7.95. The number of likely N-dealkylation sites (N-methyl/N-ethyl adjacent to an activating group) is 1. The summed E-state index contributed by atoms with van der Waals surface area (Å²) in [4.78, 5) is 14.3. The van der Waals surface area contributed by atoms with Gasteiger partial charge in [-0.1, -0.05) is 30.3 Å². The second-order valence-electron chi connectivity index (χ2n) is 6.01. The highest BCUT2D eigenvalue weighted by Gasteiger charge is 2.22. The number of amides is 1. The molecule has 24 heavy (non-hydrogen) atoms. The van der Waals surface area contributed by atoms with Gasteiger partial charge in [-0.15, -0.1) is 0 Å². The Morgan fingerprint density at radius 2 is 2.00 bits per heavy atom. The molecule has 1 unspecified atom stereocenters. The Balaban J connectivity index is 1.67. The Hall–Kier alpha value is -2.82. The predicted molar refractivity (Wildman–Crippen MR) is 92.4 cm³/mol. The molecule has 2 aromatic heterocycles. The van der Waals surface area contributed by atoms with Gasteiger partial charge in [-0.2, -0.15) is 5.10 Å². The van der Waals surface area contributed by atoms with Crippen molar-refractivity contribution in [3.8, 4) is 11.3 Å². The third kappa shape index (κ3) is 3.40. The summed E-state index contributed by atoms with van der Waals surface area (Å²) < 4.78 is 5.56. The molecule has 1 atom stereocenters. The molecule has 1 amide bonds. The van der Waals surface area contributed by atoms with Crippen molar-refractivity contribution in [3.63, 3.8) is 0 Å². The van der Waals surface area contributed by atoms with E-state index in [-0.39, 0.29) is 11.8 Å². The number of aromatic nitrogens is 2. The molecule has 5 nitrogen and oxygen atoms in total. The minimum Gasteiger partial charge on any atom is -0.466 e. The molecule has 0 spiro atoms. The fraction of sp³-hybridized carbons (Fsp3) is 0.263. The lowest BCUT2D eigenvalue weighted by Gasteiger charge is -2.19. The molecule has 5 heteroatoms. The van der Waals surface area contributed by atoms with Crippen molar-refractivity contribution in [2.75, 3.05) is 7.05 Å². The van der Waals surface area contributed by atoms with E-state index in [4.69, 9.17) is 4.42 Å². The van der Waals surface area contributed by atoms with Gasteiger partial charge in [-0.05, 0) is 32.0 Å². The smallest absolute Gasteiger partial charge is 0.233 e. The van der Waals surface area contributed by atoms with Gasteiger partial charge in [-0.25, -0.2) is 0 Å². The fourth-order valence-corrected chi connectivity index (χ4v) is 2.67. The number of aromatic amines is 1. The van der Waals surface area contributed by atoms with E-state index in [1.165, 1.54) is 0 Å². The van der Waals surface area contributed by atoms with Crippen LogP contribution in [-0.2, 0) is 11.3 Å². The zero-order valence-electron chi connectivity index (χ0n) is 14.1. The Labute approximate surface area is 141 Å². The number of carbonyl (C=O) groups excluding carboxylic acids is 1. The summed E-state index contributed by atoms with van der Waals surface area (Å²) in [7, 11) is 1.79. The van der Waals surface area contributed by atoms with Gasteiger partial charge in [0.05, 0.1) is 23.9 Å². The maximum absolute atomic E-state index is 12.6. The SMILES string of the molecule is Cc1ccc(C(C)C(=O)N(C)Cc2cc(-c3ccccc3)n[nH]2)o1. The van der Waals surface area contributed by atoms with Gasteiger partial charge in [-0.3, -0.25) is 9.89 Å². The quantitative estimate of drug-likeness (QED) is 0.778. The molecule has 0 radical (unpaired) electrons. The third-order valence-corrected chi connectivity index (χ3v) is 4.04. The molecule has 0 fully saturated rings. The number of hydrogen-bond donors (Lipinski definition) is 1. The molecule has 0 aliphatic rings. The minimum absolute atomic E-state index is 0.0141. The Morgan fingerprint density at radius 3 is 2.67 bits per heavy atom. The maximum Gasteiger partial charge on any atom is 0.233 e. The Kier molecular flexibility index (Phi) is 4.51. The number of aryl methyl sites for hydroxylation is 1. The highest BCUT2D eigenvalue weighted by molar-refractivity contribution is 5.82. The highest BCUT2D eigenvalue weighted by Crippen LogP contribution is 2.22. The molecule has 124 valence electrons. The molecule has 1 aromatic carbocycles. The van der Waals surface area contributed by atoms with Crippen LogP contribution in [0, 0.1) is 6.92 Å². The second kappa shape index (κ2) is 6.74. The van der Waals surface area contributed by atoms with Gasteiger partial charge in [0.2, 0.25) is 5.91 Å². The average molecular weight is 323 g/mol. The zero-order chi connectivity index (χ0) is 17.1. The lowest BCUT2D eigenvalue weighted by molar-refractivity contribution is -0.132. The lowest BCUT2D eigenvalue weighted by atomic mass is 10.1. The van der Waals surface area contributed by atoms with Crippen molar-refractivity contribution in [2.45, 2.75) is 26.3 Å². The van der Waals surface area contributed by atoms with E-state index in [1.54, 1.807) is 11.9 Å². The largest absolute Gasteiger partial charge is 0.466 e. The first-order valence-electron chi connectivity index (χ1n) is 7.95. The van der Waals surface area contributed by atoms with E-state index in [0.29, 0.717) is 12.3 Å². The summed E-state index contributed by atoms with van der Waals surface area (Å²) in [5.74, 6) is 1.22. The highest BCUT2D eigenvalue weighted by atomic mass is 16.3. The van der Waals surface area contributed by atoms with Crippen molar-refractivity contribution < 1.29 is 9.21 Å². The summed E-state index contributed by atoms with van der Waals surface area (Å²) in [6.45, 7) is 4.21. The molecule has 0 aliphatic carbocycles. The number of nitrogens with one attached hydrogen (secondary N) is 1. The van der Waals surface area contributed by atoms with E-state index in [2.05, 4.69) is 10.2 Å². The van der Waals surface area contributed by atoms with Gasteiger partial charge in [0.1, 0.15) is 11.5 Å². The topological polar surface area (TPSA) is 62.1 Å². The van der Waals surface area contributed by atoms with Crippen LogP contribution < -0.4 is 0 Å². The minimum atomic E-state index is -0.305. The molecule has 0 bridgehead atoms. The van der Waals surface area contributed by atoms with Crippen LogP contribution in [-0.4, -0.2) is 28.1 Å². The number of furan rings is 1. The predicted octanol–water partition coefficient (Wildman–Crippen LogP) is 3.74. The summed E-state index contributed by atoms with van der Waals surface area (Å²) in [6.07, 6.45) is 0. The summed E-state index contributed by atoms with van der Waals surface area (Å²) in [6, 6.07) is 15.7. The van der Waals surface area contributed by atoms with Crippen LogP contribution in [0.1, 0.15) is 30.1 Å². The monoisotopic (exact) mass is 323 g/mol. The lowest BCUT2D eigenvalue weighted by Crippen LogP contribution is -2.30. The van der Waals surface area contributed by atoms with Crippen molar-refractivity contribution in [1.29, 1.82) is 0 Å². The molecule has 0 saturated carbocycles. The number of benzene rings is 1.